The third-order valence-corrected chi connectivity index (χ3v) is 5.72. The van der Waals surface area contributed by atoms with Gasteiger partial charge in [0.25, 0.3) is 5.91 Å². The second-order valence-electron chi connectivity index (χ2n) is 7.16. The Hall–Kier alpha value is -3.84. The van der Waals surface area contributed by atoms with E-state index in [1.54, 1.807) is 7.11 Å². The number of hydrogen-bond donors (Lipinski definition) is 3. The zero-order valence-electron chi connectivity index (χ0n) is 17.7. The van der Waals surface area contributed by atoms with Crippen LogP contribution in [-0.2, 0) is 6.42 Å². The minimum atomic E-state index is -0.154. The van der Waals surface area contributed by atoms with E-state index in [9.17, 15) is 4.79 Å². The number of aromatic nitrogens is 1. The summed E-state index contributed by atoms with van der Waals surface area (Å²) < 4.78 is 5.23. The maximum atomic E-state index is 13.0. The van der Waals surface area contributed by atoms with E-state index in [2.05, 4.69) is 15.6 Å². The van der Waals surface area contributed by atoms with Crippen molar-refractivity contribution >= 4 is 33.8 Å². The number of carbonyl (C=O) groups excluding carboxylic acids is 1. The summed E-state index contributed by atoms with van der Waals surface area (Å²) in [4.78, 5) is 17.2. The van der Waals surface area contributed by atoms with Gasteiger partial charge in [-0.2, -0.15) is 0 Å². The van der Waals surface area contributed by atoms with Crippen LogP contribution < -0.4 is 21.1 Å². The highest BCUT2D eigenvalue weighted by Gasteiger charge is 2.13. The number of rotatable bonds is 8. The van der Waals surface area contributed by atoms with Crippen molar-refractivity contribution in [2.45, 2.75) is 6.42 Å². The molecule has 0 unspecified atom stereocenters. The minimum absolute atomic E-state index is 0.154. The largest absolute Gasteiger partial charge is 0.497 e. The van der Waals surface area contributed by atoms with Crippen molar-refractivity contribution in [2.75, 3.05) is 30.0 Å². The van der Waals surface area contributed by atoms with Gasteiger partial charge in [0, 0.05) is 35.3 Å². The van der Waals surface area contributed by atoms with Crippen LogP contribution in [0, 0.1) is 0 Å². The molecule has 0 aliphatic heterocycles. The summed E-state index contributed by atoms with van der Waals surface area (Å²) >= 11 is 1.45. The first kappa shape index (κ1) is 21.4. The fourth-order valence-corrected chi connectivity index (χ4v) is 3.94. The Morgan fingerprint density at radius 1 is 1.00 bits per heavy atom. The molecule has 6 nitrogen and oxygen atoms in total. The number of anilines is 3. The molecule has 0 radical (unpaired) electrons. The van der Waals surface area contributed by atoms with E-state index in [0.717, 1.165) is 46.9 Å². The maximum Gasteiger partial charge on any atom is 0.256 e. The van der Waals surface area contributed by atoms with Gasteiger partial charge < -0.3 is 21.1 Å². The van der Waals surface area contributed by atoms with E-state index >= 15 is 0 Å². The lowest BCUT2D eigenvalue weighted by Crippen LogP contribution is -2.13. The molecule has 3 aromatic carbocycles. The van der Waals surface area contributed by atoms with E-state index < -0.39 is 0 Å². The predicted molar refractivity (Wildman–Crippen MR) is 132 cm³/mol. The standard InChI is InChI=1S/C25H24N4O2S/c1-31-21-12-6-17(7-13-21)22-4-2-3-5-23(22)24(30)28-19-10-8-18(9-11-19)27-15-14-20-16-32-25(26)29-20/h2-13,16,27H,14-15H2,1H3,(H2,26,29)(H,28,30). The molecule has 0 bridgehead atoms. The van der Waals surface area contributed by atoms with Crippen LogP contribution in [0.4, 0.5) is 16.5 Å². The number of thiazole rings is 1. The van der Waals surface area contributed by atoms with Gasteiger partial charge in [-0.3, -0.25) is 4.79 Å². The van der Waals surface area contributed by atoms with Crippen molar-refractivity contribution in [3.8, 4) is 16.9 Å². The molecule has 4 rings (SSSR count). The van der Waals surface area contributed by atoms with Crippen LogP contribution in [0.1, 0.15) is 16.1 Å². The molecule has 4 N–H and O–H groups in total. The zero-order valence-corrected chi connectivity index (χ0v) is 18.5. The second-order valence-corrected chi connectivity index (χ2v) is 8.05. The van der Waals surface area contributed by atoms with Gasteiger partial charge in [-0.05, 0) is 53.6 Å². The van der Waals surface area contributed by atoms with Gasteiger partial charge >= 0.3 is 0 Å². The van der Waals surface area contributed by atoms with Gasteiger partial charge in [0.05, 0.1) is 12.8 Å². The molecule has 162 valence electrons. The van der Waals surface area contributed by atoms with Gasteiger partial charge in [0.2, 0.25) is 0 Å². The number of nitrogens with zero attached hydrogens (tertiary/aromatic N) is 1. The number of hydrogen-bond acceptors (Lipinski definition) is 6. The van der Waals surface area contributed by atoms with Crippen LogP contribution in [0.2, 0.25) is 0 Å². The smallest absolute Gasteiger partial charge is 0.256 e. The molecule has 4 aromatic rings. The molecule has 0 saturated carbocycles. The number of nitrogens with two attached hydrogens (primary N) is 1. The molecule has 1 amide bonds. The van der Waals surface area contributed by atoms with Crippen LogP contribution in [0.25, 0.3) is 11.1 Å². The Labute approximate surface area is 191 Å². The van der Waals surface area contributed by atoms with Crippen LogP contribution in [0.15, 0.2) is 78.2 Å². The first-order valence-corrected chi connectivity index (χ1v) is 11.1. The maximum absolute atomic E-state index is 13.0. The van der Waals surface area contributed by atoms with Gasteiger partial charge in [0.1, 0.15) is 5.75 Å². The molecule has 0 aliphatic rings. The average Bonchev–Trinajstić information content (AvgIpc) is 3.25. The third kappa shape index (κ3) is 5.25. The SMILES string of the molecule is COc1ccc(-c2ccccc2C(=O)Nc2ccc(NCCc3csc(N)n3)cc2)cc1. The van der Waals surface area contributed by atoms with Gasteiger partial charge in [-0.1, -0.05) is 30.3 Å². The van der Waals surface area contributed by atoms with Gasteiger partial charge in [-0.15, -0.1) is 11.3 Å². The number of benzene rings is 3. The number of carbonyl (C=O) groups is 1. The first-order chi connectivity index (χ1) is 15.6. The summed E-state index contributed by atoms with van der Waals surface area (Å²) in [5, 5.41) is 8.91. The highest BCUT2D eigenvalue weighted by molar-refractivity contribution is 7.13. The van der Waals surface area contributed by atoms with Crippen LogP contribution >= 0.6 is 11.3 Å². The van der Waals surface area contributed by atoms with Crippen LogP contribution in [-0.4, -0.2) is 24.5 Å². The average molecular weight is 445 g/mol. The van der Waals surface area contributed by atoms with Crippen LogP contribution in [0.3, 0.4) is 0 Å². The Bertz CT molecular complexity index is 1190. The molecule has 7 heteroatoms. The van der Waals surface area contributed by atoms with Crippen molar-refractivity contribution < 1.29 is 9.53 Å². The van der Waals surface area contributed by atoms with E-state index in [1.807, 2.05) is 78.2 Å². The lowest BCUT2D eigenvalue weighted by Gasteiger charge is -2.12. The number of nitrogen functional groups attached to an aromatic ring is 1. The van der Waals surface area contributed by atoms with Crippen molar-refractivity contribution in [3.05, 3.63) is 89.4 Å². The molecule has 0 fully saturated rings. The van der Waals surface area contributed by atoms with E-state index in [4.69, 9.17) is 10.5 Å². The predicted octanol–water partition coefficient (Wildman–Crippen LogP) is 5.31. The monoisotopic (exact) mass is 444 g/mol. The molecular formula is C25H24N4O2S. The van der Waals surface area contributed by atoms with Crippen LogP contribution in [0.5, 0.6) is 5.75 Å². The number of nitrogens with one attached hydrogen (secondary N) is 2. The lowest BCUT2D eigenvalue weighted by molar-refractivity contribution is 0.102. The quantitative estimate of drug-likeness (QED) is 0.343. The van der Waals surface area contributed by atoms with Gasteiger partial charge in [-0.25, -0.2) is 4.98 Å². The molecule has 32 heavy (non-hydrogen) atoms. The highest BCUT2D eigenvalue weighted by Crippen LogP contribution is 2.26. The minimum Gasteiger partial charge on any atom is -0.497 e. The molecule has 1 heterocycles. The summed E-state index contributed by atoms with van der Waals surface area (Å²) in [6.45, 7) is 0.754. The summed E-state index contributed by atoms with van der Waals surface area (Å²) in [6, 6.07) is 22.9. The van der Waals surface area contributed by atoms with E-state index in [-0.39, 0.29) is 5.91 Å². The highest BCUT2D eigenvalue weighted by atomic mass is 32.1. The number of amides is 1. The number of methoxy groups -OCH3 is 1. The number of ether oxygens (including phenoxy) is 1. The topological polar surface area (TPSA) is 89.3 Å². The van der Waals surface area contributed by atoms with Crippen molar-refractivity contribution in [1.82, 2.24) is 4.98 Å². The van der Waals surface area contributed by atoms with Gasteiger partial charge in [0.15, 0.2) is 5.13 Å². The first-order valence-electron chi connectivity index (χ1n) is 10.2. The molecular weight excluding hydrogens is 420 g/mol. The van der Waals surface area contributed by atoms with Crippen molar-refractivity contribution in [1.29, 1.82) is 0 Å². The Balaban J connectivity index is 1.39. The second kappa shape index (κ2) is 9.98. The van der Waals surface area contributed by atoms with Crippen molar-refractivity contribution in [2.24, 2.45) is 0 Å². The molecule has 0 saturated heterocycles. The van der Waals surface area contributed by atoms with Crippen molar-refractivity contribution in [3.63, 3.8) is 0 Å². The fraction of sp³-hybridized carbons (Fsp3) is 0.120. The normalized spacial score (nSPS) is 10.5. The zero-order chi connectivity index (χ0) is 22.3. The molecule has 0 atom stereocenters. The third-order valence-electron chi connectivity index (χ3n) is 5.00. The van der Waals surface area contributed by atoms with E-state index in [0.29, 0.717) is 10.7 Å². The Morgan fingerprint density at radius 3 is 2.41 bits per heavy atom. The Kier molecular flexibility index (Phi) is 6.67. The fourth-order valence-electron chi connectivity index (χ4n) is 3.35. The summed E-state index contributed by atoms with van der Waals surface area (Å²) in [6.07, 6.45) is 0.800. The molecule has 0 aliphatic carbocycles. The lowest BCUT2D eigenvalue weighted by atomic mass is 9.99. The summed E-state index contributed by atoms with van der Waals surface area (Å²) in [5.74, 6) is 0.623. The Morgan fingerprint density at radius 2 is 1.72 bits per heavy atom. The molecule has 1 aromatic heterocycles. The summed E-state index contributed by atoms with van der Waals surface area (Å²) in [5.41, 5.74) is 10.8. The summed E-state index contributed by atoms with van der Waals surface area (Å²) in [7, 11) is 1.63. The van der Waals surface area contributed by atoms with E-state index in [1.165, 1.54) is 11.3 Å². The molecule has 0 spiro atoms.